The summed E-state index contributed by atoms with van der Waals surface area (Å²) < 4.78 is 47.1. The van der Waals surface area contributed by atoms with Crippen molar-refractivity contribution in [3.63, 3.8) is 0 Å². The van der Waals surface area contributed by atoms with Gasteiger partial charge < -0.3 is 35.3 Å². The number of hydrogen-bond acceptors (Lipinski definition) is 10. The van der Waals surface area contributed by atoms with Crippen LogP contribution in [-0.4, -0.2) is 66.9 Å². The van der Waals surface area contributed by atoms with Crippen molar-refractivity contribution < 1.29 is 47.3 Å². The fraction of sp³-hybridized carbons (Fsp3) is 0.440. The molecule has 3 unspecified atom stereocenters. The lowest BCUT2D eigenvalue weighted by atomic mass is 10.1. The van der Waals surface area contributed by atoms with E-state index in [4.69, 9.17) is 23.6 Å². The van der Waals surface area contributed by atoms with Crippen LogP contribution in [0.4, 0.5) is 4.39 Å². The molecule has 0 bridgehead atoms. The number of para-hydroxylation sites is 1. The molecule has 1 saturated heterocycles. The minimum absolute atomic E-state index is 0.140. The lowest BCUT2D eigenvalue weighted by Gasteiger charge is -2.24. The second-order valence-electron chi connectivity index (χ2n) is 8.47. The first kappa shape index (κ1) is 32.3. The first-order valence-corrected chi connectivity index (χ1v) is 13.7. The highest BCUT2D eigenvalue weighted by molar-refractivity contribution is 7.52. The second-order valence-corrected chi connectivity index (χ2v) is 10.2. The van der Waals surface area contributed by atoms with Gasteiger partial charge in [0.25, 0.3) is 0 Å². The zero-order chi connectivity index (χ0) is 28.7. The maximum absolute atomic E-state index is 13.3. The van der Waals surface area contributed by atoms with Gasteiger partial charge in [-0.25, -0.2) is 8.96 Å². The molecule has 3 rings (SSSR count). The van der Waals surface area contributed by atoms with Crippen LogP contribution in [0.15, 0.2) is 66.2 Å². The van der Waals surface area contributed by atoms with Crippen LogP contribution in [0.3, 0.4) is 0 Å². The van der Waals surface area contributed by atoms with Gasteiger partial charge >= 0.3 is 13.7 Å². The number of allylic oxidation sites excluding steroid dienone is 3. The lowest BCUT2D eigenvalue weighted by Crippen LogP contribution is -2.36. The van der Waals surface area contributed by atoms with Gasteiger partial charge in [0.2, 0.25) is 6.41 Å². The zero-order valence-corrected chi connectivity index (χ0v) is 22.4. The molecule has 1 aromatic carbocycles. The van der Waals surface area contributed by atoms with Crippen LogP contribution in [0.25, 0.3) is 0 Å². The number of esters is 1. The maximum atomic E-state index is 13.3. The summed E-state index contributed by atoms with van der Waals surface area (Å²) in [6, 6.07) is 7.58. The smallest absolute Gasteiger partial charge is 0.459 e. The quantitative estimate of drug-likeness (QED) is 0.101. The molecule has 5 atom stereocenters. The highest BCUT2D eigenvalue weighted by atomic mass is 31.2. The predicted molar refractivity (Wildman–Crippen MR) is 140 cm³/mol. The second kappa shape index (κ2) is 16.9. The lowest BCUT2D eigenvalue weighted by molar-refractivity contribution is -0.144. The Bertz CT molecular complexity index is 1050. The number of halogens is 1. The van der Waals surface area contributed by atoms with E-state index in [0.29, 0.717) is 25.0 Å². The van der Waals surface area contributed by atoms with Gasteiger partial charge in [-0.05, 0) is 43.9 Å². The standard InChI is InChI=1S/C21H28NO7P.C4H7FN2O2/c1-16(21(24)27-14-17-8-4-2-5-9-17)22-30(25,29-18-10-6-3-7-11-18)28-15-20-19(23)12-13-26-20;5-3(4(6)9)1-7-2-8/h2-4,6-8,10-11,16,19-20,23H,5,9,12-15H2,1H3,(H,22,25);1-2,4,9H,6H2,(H,7,8)/b;3-1+/t16-,19?,20+,30?;/m0./s1. The molecule has 6 N–H and O–H groups in total. The van der Waals surface area contributed by atoms with Gasteiger partial charge in [-0.3, -0.25) is 14.1 Å². The Morgan fingerprint density at radius 2 is 2.10 bits per heavy atom. The SMILES string of the molecule is C[C@H](NP(=O)(OC[C@H]1OCCC1O)Oc1ccccc1)C(=O)OCC1=CC=CCC1.NC(O)/C(F)=C\NC=O. The highest BCUT2D eigenvalue weighted by Gasteiger charge is 2.35. The summed E-state index contributed by atoms with van der Waals surface area (Å²) in [6.07, 6.45) is 6.14. The third-order valence-corrected chi connectivity index (χ3v) is 6.97. The van der Waals surface area contributed by atoms with E-state index in [1.807, 2.05) is 17.5 Å². The number of carbonyl (C=O) groups is 2. The first-order valence-electron chi connectivity index (χ1n) is 12.2. The molecule has 2 aliphatic rings. The topological polar surface area (TPSA) is 179 Å². The minimum Gasteiger partial charge on any atom is -0.460 e. The Labute approximate surface area is 226 Å². The maximum Gasteiger partial charge on any atom is 0.459 e. The number of hydrogen-bond donors (Lipinski definition) is 5. The van der Waals surface area contributed by atoms with Crippen LogP contribution in [-0.2, 0) is 28.2 Å². The van der Waals surface area contributed by atoms with E-state index in [-0.39, 0.29) is 19.6 Å². The van der Waals surface area contributed by atoms with Crippen LogP contribution < -0.4 is 20.7 Å². The van der Waals surface area contributed by atoms with E-state index < -0.39 is 44.0 Å². The molecule has 14 heteroatoms. The molecule has 1 fully saturated rings. The summed E-state index contributed by atoms with van der Waals surface area (Å²) in [7, 11) is -3.95. The molecular weight excluding hydrogens is 536 g/mol. The van der Waals surface area contributed by atoms with E-state index in [0.717, 1.165) is 18.4 Å². The molecule has 1 aliphatic heterocycles. The van der Waals surface area contributed by atoms with E-state index in [1.165, 1.54) is 6.92 Å². The Kier molecular flexibility index (Phi) is 14.0. The van der Waals surface area contributed by atoms with Gasteiger partial charge in [0, 0.05) is 12.8 Å². The highest BCUT2D eigenvalue weighted by Crippen LogP contribution is 2.45. The largest absolute Gasteiger partial charge is 0.460 e. The summed E-state index contributed by atoms with van der Waals surface area (Å²) in [6.45, 7) is 1.98. The summed E-state index contributed by atoms with van der Waals surface area (Å²) in [5, 5.41) is 22.6. The number of benzene rings is 1. The Morgan fingerprint density at radius 1 is 1.36 bits per heavy atom. The van der Waals surface area contributed by atoms with Crippen molar-refractivity contribution in [3.05, 3.63) is 66.2 Å². The van der Waals surface area contributed by atoms with Crippen LogP contribution in [0.1, 0.15) is 26.2 Å². The number of aliphatic hydroxyl groups is 2. The van der Waals surface area contributed by atoms with Crippen molar-refractivity contribution >= 4 is 20.1 Å². The molecule has 0 radical (unpaired) electrons. The van der Waals surface area contributed by atoms with Gasteiger partial charge in [-0.15, -0.1) is 0 Å². The third-order valence-electron chi connectivity index (χ3n) is 5.33. The summed E-state index contributed by atoms with van der Waals surface area (Å²) in [4.78, 5) is 21.9. The van der Waals surface area contributed by atoms with E-state index in [9.17, 15) is 23.7 Å². The average molecular weight is 572 g/mol. The van der Waals surface area contributed by atoms with Gasteiger partial charge in [0.15, 0.2) is 12.1 Å². The normalized spacial score (nSPS) is 21.9. The monoisotopic (exact) mass is 571 g/mol. The van der Waals surface area contributed by atoms with E-state index in [1.54, 1.807) is 30.3 Å². The number of carbonyl (C=O) groups excluding carboxylic acids is 2. The molecule has 12 nitrogen and oxygen atoms in total. The summed E-state index contributed by atoms with van der Waals surface area (Å²) in [5.74, 6) is -1.23. The van der Waals surface area contributed by atoms with E-state index >= 15 is 0 Å². The molecule has 1 aliphatic carbocycles. The molecule has 1 heterocycles. The van der Waals surface area contributed by atoms with Crippen molar-refractivity contribution in [3.8, 4) is 5.75 Å². The van der Waals surface area contributed by atoms with Crippen molar-refractivity contribution in [1.82, 2.24) is 10.4 Å². The Hall–Kier alpha value is -2.90. The van der Waals surface area contributed by atoms with Crippen molar-refractivity contribution in [2.24, 2.45) is 5.73 Å². The minimum atomic E-state index is -3.95. The molecule has 216 valence electrons. The van der Waals surface area contributed by atoms with Crippen LogP contribution in [0.2, 0.25) is 0 Å². The van der Waals surface area contributed by atoms with Gasteiger partial charge in [-0.2, -0.15) is 5.09 Å². The number of ether oxygens (including phenoxy) is 2. The summed E-state index contributed by atoms with van der Waals surface area (Å²) in [5.41, 5.74) is 5.65. The molecular formula is C25H35FN3O9P. The van der Waals surface area contributed by atoms with Crippen LogP contribution in [0, 0.1) is 0 Å². The third kappa shape index (κ3) is 12.2. The summed E-state index contributed by atoms with van der Waals surface area (Å²) >= 11 is 0. The Balaban J connectivity index is 0.000000510. The number of aliphatic hydroxyl groups excluding tert-OH is 2. The molecule has 1 aromatic rings. The van der Waals surface area contributed by atoms with Gasteiger partial charge in [0.05, 0.1) is 12.7 Å². The Morgan fingerprint density at radius 3 is 2.69 bits per heavy atom. The molecule has 0 saturated carbocycles. The number of rotatable bonds is 13. The van der Waals surface area contributed by atoms with Gasteiger partial charge in [0.1, 0.15) is 24.5 Å². The number of nitrogens with one attached hydrogen (secondary N) is 2. The fourth-order valence-electron chi connectivity index (χ4n) is 3.23. The zero-order valence-electron chi connectivity index (χ0n) is 21.5. The van der Waals surface area contributed by atoms with Crippen molar-refractivity contribution in [2.45, 2.75) is 50.7 Å². The van der Waals surface area contributed by atoms with Crippen molar-refractivity contribution in [1.29, 1.82) is 0 Å². The fourth-order valence-corrected chi connectivity index (χ4v) is 4.73. The molecule has 1 amide bonds. The molecule has 39 heavy (non-hydrogen) atoms. The van der Waals surface area contributed by atoms with Crippen molar-refractivity contribution in [2.75, 3.05) is 19.8 Å². The first-order chi connectivity index (χ1) is 18.6. The van der Waals surface area contributed by atoms with E-state index in [2.05, 4.69) is 16.9 Å². The number of amides is 1. The number of nitrogens with two attached hydrogens (primary N) is 1. The molecule has 0 aromatic heterocycles. The average Bonchev–Trinajstić information content (AvgIpc) is 3.35. The van der Waals surface area contributed by atoms with Gasteiger partial charge in [-0.1, -0.05) is 36.4 Å². The predicted octanol–water partition coefficient (Wildman–Crippen LogP) is 1.96. The van der Waals surface area contributed by atoms with Crippen LogP contribution in [0.5, 0.6) is 5.75 Å². The molecule has 0 spiro atoms. The van der Waals surface area contributed by atoms with Crippen LogP contribution >= 0.6 is 7.75 Å².